The smallest absolute Gasteiger partial charge is 0.141 e. The molecule has 17 heavy (non-hydrogen) atoms. The van der Waals surface area contributed by atoms with Gasteiger partial charge in [-0.25, -0.2) is 9.97 Å². The van der Waals surface area contributed by atoms with Gasteiger partial charge in [0.25, 0.3) is 0 Å². The average Bonchev–Trinajstić information content (AvgIpc) is 3.02. The van der Waals surface area contributed by atoms with Crippen LogP contribution in [0.3, 0.4) is 0 Å². The van der Waals surface area contributed by atoms with Crippen LogP contribution in [0.25, 0.3) is 0 Å². The number of hydrogen-bond acceptors (Lipinski definition) is 4. The molecule has 2 N–H and O–H groups in total. The van der Waals surface area contributed by atoms with Gasteiger partial charge in [-0.2, -0.15) is 0 Å². The number of aromatic nitrogens is 2. The summed E-state index contributed by atoms with van der Waals surface area (Å²) in [5.74, 6) is 1.98. The van der Waals surface area contributed by atoms with Crippen molar-refractivity contribution in [1.29, 1.82) is 0 Å². The Kier molecular flexibility index (Phi) is 3.04. The van der Waals surface area contributed by atoms with Crippen molar-refractivity contribution in [3.05, 3.63) is 16.0 Å². The maximum Gasteiger partial charge on any atom is 0.141 e. The van der Waals surface area contributed by atoms with Gasteiger partial charge in [0.05, 0.1) is 16.3 Å². The Hall–Kier alpha value is -0.680. The molecular formula is C12H16BrN3O. The molecule has 0 spiro atoms. The summed E-state index contributed by atoms with van der Waals surface area (Å²) in [6.45, 7) is 0.867. The number of nitrogen functional groups attached to an aromatic ring is 1. The molecule has 1 atom stereocenters. The van der Waals surface area contributed by atoms with E-state index in [9.17, 15) is 0 Å². The second-order valence-electron chi connectivity index (χ2n) is 4.84. The Morgan fingerprint density at radius 1 is 1.29 bits per heavy atom. The zero-order valence-corrected chi connectivity index (χ0v) is 11.2. The molecule has 2 fully saturated rings. The van der Waals surface area contributed by atoms with E-state index >= 15 is 0 Å². The lowest BCUT2D eigenvalue weighted by Gasteiger charge is -2.11. The van der Waals surface area contributed by atoms with Crippen LogP contribution in [0.1, 0.15) is 43.1 Å². The minimum absolute atomic E-state index is 0.280. The van der Waals surface area contributed by atoms with Crippen LogP contribution < -0.4 is 5.73 Å². The molecular weight excluding hydrogens is 282 g/mol. The van der Waals surface area contributed by atoms with Crippen molar-refractivity contribution in [2.45, 2.75) is 44.1 Å². The Balaban J connectivity index is 1.83. The van der Waals surface area contributed by atoms with Gasteiger partial charge in [0.15, 0.2) is 0 Å². The van der Waals surface area contributed by atoms with Gasteiger partial charge in [-0.15, -0.1) is 0 Å². The number of nitrogens with zero attached hydrogens (tertiary/aromatic N) is 2. The van der Waals surface area contributed by atoms with Gasteiger partial charge in [-0.1, -0.05) is 0 Å². The standard InChI is InChI=1S/C12H16BrN3O/c13-10-11(7-3-4-7)15-9(16-12(10)14)6-8-2-1-5-17-8/h7-8H,1-6H2,(H2,14,15,16). The van der Waals surface area contributed by atoms with Crippen molar-refractivity contribution in [2.24, 2.45) is 0 Å². The normalized spacial score (nSPS) is 24.2. The Bertz CT molecular complexity index is 428. The highest BCUT2D eigenvalue weighted by atomic mass is 79.9. The molecule has 1 aliphatic carbocycles. The number of hydrogen-bond donors (Lipinski definition) is 1. The number of rotatable bonds is 3. The van der Waals surface area contributed by atoms with Crippen LogP contribution in [0.4, 0.5) is 5.82 Å². The first-order chi connectivity index (χ1) is 8.24. The van der Waals surface area contributed by atoms with E-state index in [1.165, 1.54) is 12.8 Å². The highest BCUT2D eigenvalue weighted by molar-refractivity contribution is 9.10. The molecule has 92 valence electrons. The zero-order valence-electron chi connectivity index (χ0n) is 9.66. The molecule has 5 heteroatoms. The van der Waals surface area contributed by atoms with Gasteiger partial charge < -0.3 is 10.5 Å². The Labute approximate surface area is 109 Å². The highest BCUT2D eigenvalue weighted by Gasteiger charge is 2.29. The molecule has 4 nitrogen and oxygen atoms in total. The molecule has 0 bridgehead atoms. The lowest BCUT2D eigenvalue weighted by molar-refractivity contribution is 0.110. The molecule has 1 aromatic rings. The first kappa shape index (κ1) is 11.4. The highest BCUT2D eigenvalue weighted by Crippen LogP contribution is 2.43. The van der Waals surface area contributed by atoms with Gasteiger partial charge in [0.1, 0.15) is 11.6 Å². The van der Waals surface area contributed by atoms with Crippen molar-refractivity contribution in [3.8, 4) is 0 Å². The summed E-state index contributed by atoms with van der Waals surface area (Å²) >= 11 is 3.49. The van der Waals surface area contributed by atoms with Gasteiger partial charge in [-0.3, -0.25) is 0 Å². The van der Waals surface area contributed by atoms with Crippen molar-refractivity contribution in [1.82, 2.24) is 9.97 Å². The second-order valence-corrected chi connectivity index (χ2v) is 5.63. The van der Waals surface area contributed by atoms with Crippen LogP contribution >= 0.6 is 15.9 Å². The molecule has 1 saturated carbocycles. The fourth-order valence-electron chi connectivity index (χ4n) is 2.26. The minimum Gasteiger partial charge on any atom is -0.383 e. The molecule has 1 aromatic heterocycles. The van der Waals surface area contributed by atoms with Crippen LogP contribution in [0, 0.1) is 0 Å². The van der Waals surface area contributed by atoms with Crippen molar-refractivity contribution < 1.29 is 4.74 Å². The maximum absolute atomic E-state index is 5.92. The predicted molar refractivity (Wildman–Crippen MR) is 68.8 cm³/mol. The van der Waals surface area contributed by atoms with E-state index in [2.05, 4.69) is 25.9 Å². The molecule has 0 radical (unpaired) electrons. The van der Waals surface area contributed by atoms with Crippen LogP contribution in [0.5, 0.6) is 0 Å². The number of anilines is 1. The van der Waals surface area contributed by atoms with Gasteiger partial charge in [-0.05, 0) is 41.6 Å². The van der Waals surface area contributed by atoms with Crippen LogP contribution in [-0.2, 0) is 11.2 Å². The summed E-state index contributed by atoms with van der Waals surface area (Å²) in [5, 5.41) is 0. The molecule has 1 unspecified atom stereocenters. The summed E-state index contributed by atoms with van der Waals surface area (Å²) in [7, 11) is 0. The summed E-state index contributed by atoms with van der Waals surface area (Å²) in [5.41, 5.74) is 7.01. The fourth-order valence-corrected chi connectivity index (χ4v) is 2.76. The molecule has 0 aromatic carbocycles. The predicted octanol–water partition coefficient (Wildman–Crippen LogP) is 2.42. The molecule has 0 amide bonds. The van der Waals surface area contributed by atoms with E-state index < -0.39 is 0 Å². The third-order valence-electron chi connectivity index (χ3n) is 3.35. The Morgan fingerprint density at radius 2 is 2.12 bits per heavy atom. The lowest BCUT2D eigenvalue weighted by Crippen LogP contribution is -2.14. The van der Waals surface area contributed by atoms with E-state index in [4.69, 9.17) is 10.5 Å². The third-order valence-corrected chi connectivity index (χ3v) is 4.16. The maximum atomic E-state index is 5.92. The Morgan fingerprint density at radius 3 is 2.76 bits per heavy atom. The second kappa shape index (κ2) is 4.53. The average molecular weight is 298 g/mol. The lowest BCUT2D eigenvalue weighted by atomic mass is 10.1. The molecule has 2 heterocycles. The summed E-state index contributed by atoms with van der Waals surface area (Å²) in [6, 6.07) is 0. The quantitative estimate of drug-likeness (QED) is 0.931. The SMILES string of the molecule is Nc1nc(CC2CCCO2)nc(C2CC2)c1Br. The van der Waals surface area contributed by atoms with Gasteiger partial charge in [0.2, 0.25) is 0 Å². The molecule has 1 saturated heterocycles. The summed E-state index contributed by atoms with van der Waals surface area (Å²) in [4.78, 5) is 8.99. The van der Waals surface area contributed by atoms with Crippen molar-refractivity contribution in [2.75, 3.05) is 12.3 Å². The van der Waals surface area contributed by atoms with E-state index in [1.54, 1.807) is 0 Å². The molecule has 3 rings (SSSR count). The van der Waals surface area contributed by atoms with Crippen LogP contribution in [0.2, 0.25) is 0 Å². The number of halogens is 1. The van der Waals surface area contributed by atoms with E-state index in [-0.39, 0.29) is 6.10 Å². The van der Waals surface area contributed by atoms with E-state index in [1.807, 2.05) is 0 Å². The largest absolute Gasteiger partial charge is 0.383 e. The first-order valence-electron chi connectivity index (χ1n) is 6.17. The fraction of sp³-hybridized carbons (Fsp3) is 0.667. The van der Waals surface area contributed by atoms with Gasteiger partial charge in [0, 0.05) is 18.9 Å². The van der Waals surface area contributed by atoms with Gasteiger partial charge >= 0.3 is 0 Å². The molecule has 2 aliphatic rings. The minimum atomic E-state index is 0.280. The van der Waals surface area contributed by atoms with Crippen molar-refractivity contribution in [3.63, 3.8) is 0 Å². The topological polar surface area (TPSA) is 61.0 Å². The summed E-state index contributed by atoms with van der Waals surface area (Å²) in [6.07, 6.45) is 5.76. The third kappa shape index (κ3) is 2.45. The number of nitrogens with two attached hydrogens (primary N) is 1. The van der Waals surface area contributed by atoms with Crippen LogP contribution in [-0.4, -0.2) is 22.7 Å². The first-order valence-corrected chi connectivity index (χ1v) is 6.96. The summed E-state index contributed by atoms with van der Waals surface area (Å²) < 4.78 is 6.50. The monoisotopic (exact) mass is 297 g/mol. The zero-order chi connectivity index (χ0) is 11.8. The van der Waals surface area contributed by atoms with E-state index in [0.29, 0.717) is 11.7 Å². The number of ether oxygens (including phenoxy) is 1. The van der Waals surface area contributed by atoms with Crippen molar-refractivity contribution >= 4 is 21.7 Å². The van der Waals surface area contributed by atoms with Crippen LogP contribution in [0.15, 0.2) is 4.47 Å². The molecule has 1 aliphatic heterocycles. The van der Waals surface area contributed by atoms with E-state index in [0.717, 1.165) is 41.9 Å².